The van der Waals surface area contributed by atoms with Crippen LogP contribution in [0.25, 0.3) is 0 Å². The molecular formula is C13H16Cl2N3+. The molecule has 96 valence electrons. The van der Waals surface area contributed by atoms with Crippen molar-refractivity contribution in [1.29, 1.82) is 0 Å². The van der Waals surface area contributed by atoms with Crippen LogP contribution in [0.3, 0.4) is 0 Å². The molecule has 5 heteroatoms. The molecule has 0 radical (unpaired) electrons. The highest BCUT2D eigenvalue weighted by molar-refractivity contribution is 6.35. The molecule has 1 heterocycles. The summed E-state index contributed by atoms with van der Waals surface area (Å²) in [6.45, 7) is 2.96. The quantitative estimate of drug-likeness (QED) is 0.812. The Hall–Kier alpha value is -1.03. The highest BCUT2D eigenvalue weighted by Crippen LogP contribution is 2.19. The van der Waals surface area contributed by atoms with Gasteiger partial charge in [0.1, 0.15) is 6.54 Å². The smallest absolute Gasteiger partial charge is 0.103 e. The summed E-state index contributed by atoms with van der Waals surface area (Å²) in [4.78, 5) is 4.01. The molecule has 0 aliphatic carbocycles. The molecule has 0 bridgehead atoms. The van der Waals surface area contributed by atoms with Gasteiger partial charge in [-0.3, -0.25) is 0 Å². The maximum Gasteiger partial charge on any atom is 0.103 e. The third-order valence-electron chi connectivity index (χ3n) is 2.76. The number of quaternary nitrogens is 1. The Morgan fingerprint density at radius 3 is 2.89 bits per heavy atom. The van der Waals surface area contributed by atoms with Gasteiger partial charge in [-0.05, 0) is 12.1 Å². The first-order chi connectivity index (χ1) is 8.75. The molecule has 2 N–H and O–H groups in total. The van der Waals surface area contributed by atoms with E-state index in [1.54, 1.807) is 12.3 Å². The zero-order valence-electron chi connectivity index (χ0n) is 10.0. The lowest BCUT2D eigenvalue weighted by atomic mass is 10.2. The minimum atomic E-state index is 0.684. The maximum absolute atomic E-state index is 6.11. The Kier molecular flexibility index (Phi) is 5.05. The molecule has 2 rings (SSSR count). The summed E-state index contributed by atoms with van der Waals surface area (Å²) >= 11 is 12.0. The lowest BCUT2D eigenvalue weighted by molar-refractivity contribution is -0.671. The number of halogens is 2. The van der Waals surface area contributed by atoms with E-state index in [2.05, 4.69) is 14.9 Å². The van der Waals surface area contributed by atoms with Gasteiger partial charge in [0.25, 0.3) is 0 Å². The summed E-state index contributed by atoms with van der Waals surface area (Å²) in [5.41, 5.74) is 1.13. The van der Waals surface area contributed by atoms with Crippen molar-refractivity contribution in [3.05, 3.63) is 52.5 Å². The molecule has 1 aromatic heterocycles. The monoisotopic (exact) mass is 284 g/mol. The van der Waals surface area contributed by atoms with Crippen LogP contribution in [-0.4, -0.2) is 16.1 Å². The van der Waals surface area contributed by atoms with E-state index >= 15 is 0 Å². The molecule has 0 aliphatic heterocycles. The molecule has 18 heavy (non-hydrogen) atoms. The fourth-order valence-corrected chi connectivity index (χ4v) is 2.27. The normalized spacial score (nSPS) is 10.8. The fourth-order valence-electron chi connectivity index (χ4n) is 1.78. The minimum Gasteiger partial charge on any atom is -0.342 e. The van der Waals surface area contributed by atoms with Crippen LogP contribution in [0.5, 0.6) is 0 Å². The predicted molar refractivity (Wildman–Crippen MR) is 73.8 cm³/mol. The first kappa shape index (κ1) is 13.4. The number of benzene rings is 1. The summed E-state index contributed by atoms with van der Waals surface area (Å²) in [6.07, 6.45) is 6.74. The average molecular weight is 285 g/mol. The Morgan fingerprint density at radius 1 is 1.28 bits per heavy atom. The van der Waals surface area contributed by atoms with Crippen LogP contribution in [0.4, 0.5) is 0 Å². The van der Waals surface area contributed by atoms with E-state index in [-0.39, 0.29) is 0 Å². The van der Waals surface area contributed by atoms with E-state index < -0.39 is 0 Å². The second-order valence-electron chi connectivity index (χ2n) is 4.17. The summed E-state index contributed by atoms with van der Waals surface area (Å²) in [6, 6.07) is 5.65. The van der Waals surface area contributed by atoms with Crippen molar-refractivity contribution < 1.29 is 5.32 Å². The number of imidazole rings is 1. The highest BCUT2D eigenvalue weighted by Gasteiger charge is 2.02. The van der Waals surface area contributed by atoms with Gasteiger partial charge in [-0.15, -0.1) is 0 Å². The topological polar surface area (TPSA) is 34.4 Å². The van der Waals surface area contributed by atoms with Crippen molar-refractivity contribution >= 4 is 23.2 Å². The molecule has 0 fully saturated rings. The second-order valence-corrected chi connectivity index (χ2v) is 5.01. The van der Waals surface area contributed by atoms with Crippen molar-refractivity contribution in [2.75, 3.05) is 6.54 Å². The van der Waals surface area contributed by atoms with E-state index in [0.717, 1.165) is 36.6 Å². The van der Waals surface area contributed by atoms with Crippen LogP contribution in [0.2, 0.25) is 10.0 Å². The van der Waals surface area contributed by atoms with E-state index in [1.807, 2.05) is 24.7 Å². The Bertz CT molecular complexity index is 483. The van der Waals surface area contributed by atoms with Crippen LogP contribution in [0.15, 0.2) is 36.9 Å². The number of hydrogen-bond acceptors (Lipinski definition) is 1. The molecule has 3 nitrogen and oxygen atoms in total. The van der Waals surface area contributed by atoms with Gasteiger partial charge in [0.15, 0.2) is 0 Å². The zero-order valence-corrected chi connectivity index (χ0v) is 11.5. The molecule has 2 aromatic rings. The van der Waals surface area contributed by atoms with Crippen LogP contribution in [-0.2, 0) is 13.1 Å². The van der Waals surface area contributed by atoms with Gasteiger partial charge in [-0.25, -0.2) is 4.98 Å². The molecule has 0 atom stereocenters. The fraction of sp³-hybridized carbons (Fsp3) is 0.308. The van der Waals surface area contributed by atoms with Crippen LogP contribution in [0, 0.1) is 0 Å². The predicted octanol–water partition coefficient (Wildman–Crippen LogP) is 2.34. The Labute approximate surface area is 117 Å². The molecular weight excluding hydrogens is 269 g/mol. The summed E-state index contributed by atoms with van der Waals surface area (Å²) < 4.78 is 2.09. The van der Waals surface area contributed by atoms with Crippen LogP contribution in [0.1, 0.15) is 12.0 Å². The van der Waals surface area contributed by atoms with E-state index in [0.29, 0.717) is 5.02 Å². The minimum absolute atomic E-state index is 0.684. The largest absolute Gasteiger partial charge is 0.342 e. The van der Waals surface area contributed by atoms with Gasteiger partial charge in [0, 0.05) is 35.9 Å². The SMILES string of the molecule is Clc1ccc(C[NH2+]CCCn2ccnc2)c(Cl)c1. The number of nitrogens with two attached hydrogens (primary N) is 1. The Balaban J connectivity index is 1.69. The van der Waals surface area contributed by atoms with Crippen molar-refractivity contribution in [2.24, 2.45) is 0 Å². The van der Waals surface area contributed by atoms with Gasteiger partial charge in [0.05, 0.1) is 17.9 Å². The third kappa shape index (κ3) is 4.02. The lowest BCUT2D eigenvalue weighted by Crippen LogP contribution is -2.82. The van der Waals surface area contributed by atoms with Crippen molar-refractivity contribution in [3.63, 3.8) is 0 Å². The molecule has 0 aliphatic rings. The molecule has 0 spiro atoms. The summed E-state index contributed by atoms with van der Waals surface area (Å²) in [5, 5.41) is 3.68. The summed E-state index contributed by atoms with van der Waals surface area (Å²) in [7, 11) is 0. The molecule has 1 aromatic carbocycles. The van der Waals surface area contributed by atoms with Gasteiger partial charge in [-0.1, -0.05) is 29.3 Å². The summed E-state index contributed by atoms with van der Waals surface area (Å²) in [5.74, 6) is 0. The lowest BCUT2D eigenvalue weighted by Gasteiger charge is -2.05. The average Bonchev–Trinajstić information content (AvgIpc) is 2.84. The number of aromatic nitrogens is 2. The maximum atomic E-state index is 6.11. The number of hydrogen-bond donors (Lipinski definition) is 1. The number of aryl methyl sites for hydroxylation is 1. The number of rotatable bonds is 6. The Morgan fingerprint density at radius 2 is 2.17 bits per heavy atom. The second kappa shape index (κ2) is 6.78. The highest BCUT2D eigenvalue weighted by atomic mass is 35.5. The number of nitrogens with zero attached hydrogens (tertiary/aromatic N) is 2. The van der Waals surface area contributed by atoms with Gasteiger partial charge >= 0.3 is 0 Å². The van der Waals surface area contributed by atoms with Gasteiger partial charge in [-0.2, -0.15) is 0 Å². The molecule has 0 saturated carbocycles. The first-order valence-corrected chi connectivity index (χ1v) is 6.72. The third-order valence-corrected chi connectivity index (χ3v) is 3.35. The van der Waals surface area contributed by atoms with E-state index in [4.69, 9.17) is 23.2 Å². The van der Waals surface area contributed by atoms with Gasteiger partial charge in [0.2, 0.25) is 0 Å². The van der Waals surface area contributed by atoms with Crippen molar-refractivity contribution in [3.8, 4) is 0 Å². The molecule has 0 amide bonds. The molecule has 0 saturated heterocycles. The van der Waals surface area contributed by atoms with Crippen molar-refractivity contribution in [2.45, 2.75) is 19.5 Å². The first-order valence-electron chi connectivity index (χ1n) is 5.97. The van der Waals surface area contributed by atoms with Gasteiger partial charge < -0.3 is 9.88 Å². The zero-order chi connectivity index (χ0) is 12.8. The van der Waals surface area contributed by atoms with Crippen molar-refractivity contribution in [1.82, 2.24) is 9.55 Å². The molecule has 0 unspecified atom stereocenters. The van der Waals surface area contributed by atoms with Crippen LogP contribution >= 0.6 is 23.2 Å². The van der Waals surface area contributed by atoms with E-state index in [9.17, 15) is 0 Å². The van der Waals surface area contributed by atoms with E-state index in [1.165, 1.54) is 0 Å². The standard InChI is InChI=1S/C13H15Cl2N3/c14-12-3-2-11(13(15)8-12)9-16-4-1-6-18-7-5-17-10-18/h2-3,5,7-8,10,16H,1,4,6,9H2/p+1. The van der Waals surface area contributed by atoms with Crippen LogP contribution < -0.4 is 5.32 Å².